The lowest BCUT2D eigenvalue weighted by Gasteiger charge is -2.11. The lowest BCUT2D eigenvalue weighted by atomic mass is 10.1. The highest BCUT2D eigenvalue weighted by molar-refractivity contribution is 5.92. The second-order valence-corrected chi connectivity index (χ2v) is 4.86. The van der Waals surface area contributed by atoms with E-state index in [-0.39, 0.29) is 5.97 Å². The highest BCUT2D eigenvalue weighted by atomic mass is 16.5. The average Bonchev–Trinajstić information content (AvgIpc) is 2.46. The molecule has 0 aliphatic heterocycles. The van der Waals surface area contributed by atoms with E-state index in [1.165, 1.54) is 20.0 Å². The third-order valence-corrected chi connectivity index (χ3v) is 3.12. The predicted octanol–water partition coefficient (Wildman–Crippen LogP) is 2.94. The van der Waals surface area contributed by atoms with Crippen molar-refractivity contribution in [1.29, 1.82) is 0 Å². The summed E-state index contributed by atoms with van der Waals surface area (Å²) in [6.07, 6.45) is 4.52. The third-order valence-electron chi connectivity index (χ3n) is 3.12. The molecule has 0 spiro atoms. The Morgan fingerprint density at radius 1 is 1.20 bits per heavy atom. The Bertz CT molecular complexity index is 418. The topological polar surface area (TPSA) is 47.6 Å². The maximum Gasteiger partial charge on any atom is 0.341 e. The number of carbonyl (C=O) groups is 1. The molecule has 0 amide bonds. The first-order valence-corrected chi connectivity index (χ1v) is 7.15. The Morgan fingerprint density at radius 2 is 1.95 bits per heavy atom. The molecule has 1 N–H and O–H groups in total. The normalized spacial score (nSPS) is 10.3. The van der Waals surface area contributed by atoms with Crippen molar-refractivity contribution in [3.8, 4) is 5.75 Å². The van der Waals surface area contributed by atoms with Crippen LogP contribution in [-0.4, -0.2) is 33.3 Å². The van der Waals surface area contributed by atoms with Crippen LogP contribution in [0.15, 0.2) is 18.2 Å². The monoisotopic (exact) mass is 279 g/mol. The average molecular weight is 279 g/mol. The molecule has 1 aromatic rings. The molecule has 0 atom stereocenters. The number of ether oxygens (including phenoxy) is 2. The number of nitrogens with one attached hydrogen (secondary N) is 1. The Kier molecular flexibility index (Phi) is 7.73. The summed E-state index contributed by atoms with van der Waals surface area (Å²) in [5, 5.41) is 3.13. The molecule has 0 bridgehead atoms. The van der Waals surface area contributed by atoms with Gasteiger partial charge in [-0.05, 0) is 45.5 Å². The van der Waals surface area contributed by atoms with Gasteiger partial charge in [0, 0.05) is 0 Å². The van der Waals surface area contributed by atoms with E-state index in [1.807, 2.05) is 26.1 Å². The van der Waals surface area contributed by atoms with Crippen molar-refractivity contribution in [2.24, 2.45) is 0 Å². The van der Waals surface area contributed by atoms with Crippen molar-refractivity contribution in [3.05, 3.63) is 29.3 Å². The summed E-state index contributed by atoms with van der Waals surface area (Å²) in [4.78, 5) is 11.7. The predicted molar refractivity (Wildman–Crippen MR) is 80.4 cm³/mol. The Labute approximate surface area is 121 Å². The number of carbonyl (C=O) groups excluding carboxylic acids is 1. The molecule has 0 heterocycles. The van der Waals surface area contributed by atoms with Gasteiger partial charge in [0.15, 0.2) is 0 Å². The quantitative estimate of drug-likeness (QED) is 0.558. The van der Waals surface area contributed by atoms with E-state index in [0.717, 1.165) is 24.9 Å². The molecule has 0 saturated heterocycles. The highest BCUT2D eigenvalue weighted by Gasteiger charge is 2.12. The number of rotatable bonds is 9. The molecule has 0 radical (unpaired) electrons. The third kappa shape index (κ3) is 5.61. The van der Waals surface area contributed by atoms with Crippen LogP contribution in [0.3, 0.4) is 0 Å². The maximum atomic E-state index is 11.7. The van der Waals surface area contributed by atoms with Crippen LogP contribution >= 0.6 is 0 Å². The van der Waals surface area contributed by atoms with Gasteiger partial charge in [0.25, 0.3) is 0 Å². The number of methoxy groups -OCH3 is 1. The Balaban J connectivity index is 2.41. The highest BCUT2D eigenvalue weighted by Crippen LogP contribution is 2.21. The van der Waals surface area contributed by atoms with E-state index in [2.05, 4.69) is 5.32 Å². The zero-order valence-electron chi connectivity index (χ0n) is 12.7. The lowest BCUT2D eigenvalue weighted by molar-refractivity contribution is 0.0596. The Morgan fingerprint density at radius 3 is 2.65 bits per heavy atom. The van der Waals surface area contributed by atoms with E-state index >= 15 is 0 Å². The molecular weight excluding hydrogens is 254 g/mol. The smallest absolute Gasteiger partial charge is 0.341 e. The number of hydrogen-bond acceptors (Lipinski definition) is 4. The standard InChI is InChI=1S/C16H25NO3/c1-13-8-9-15(14(12-13)16(18)19-3)20-11-7-5-4-6-10-17-2/h8-9,12,17H,4-7,10-11H2,1-3H3. The summed E-state index contributed by atoms with van der Waals surface area (Å²) in [6.45, 7) is 3.63. The molecule has 0 aliphatic rings. The van der Waals surface area contributed by atoms with Crippen LogP contribution in [0.2, 0.25) is 0 Å². The zero-order chi connectivity index (χ0) is 14.8. The first-order valence-electron chi connectivity index (χ1n) is 7.15. The van der Waals surface area contributed by atoms with Crippen molar-refractivity contribution in [2.45, 2.75) is 32.6 Å². The number of hydrogen-bond donors (Lipinski definition) is 1. The van der Waals surface area contributed by atoms with Gasteiger partial charge in [-0.3, -0.25) is 0 Å². The molecule has 0 fully saturated rings. The van der Waals surface area contributed by atoms with Gasteiger partial charge in [0.1, 0.15) is 11.3 Å². The fraction of sp³-hybridized carbons (Fsp3) is 0.562. The summed E-state index contributed by atoms with van der Waals surface area (Å²) in [5.74, 6) is 0.260. The first kappa shape index (κ1) is 16.5. The summed E-state index contributed by atoms with van der Waals surface area (Å²) in [5.41, 5.74) is 1.52. The molecule has 0 saturated carbocycles. The van der Waals surface area contributed by atoms with E-state index in [0.29, 0.717) is 17.9 Å². The molecule has 1 aromatic carbocycles. The summed E-state index contributed by atoms with van der Waals surface area (Å²) in [7, 11) is 3.35. The van der Waals surface area contributed by atoms with Crippen molar-refractivity contribution >= 4 is 5.97 Å². The molecule has 0 aliphatic carbocycles. The van der Waals surface area contributed by atoms with Gasteiger partial charge in [-0.15, -0.1) is 0 Å². The molecule has 4 heteroatoms. The molecular formula is C16H25NO3. The summed E-state index contributed by atoms with van der Waals surface area (Å²) >= 11 is 0. The second-order valence-electron chi connectivity index (χ2n) is 4.86. The van der Waals surface area contributed by atoms with Gasteiger partial charge in [-0.1, -0.05) is 24.5 Å². The molecule has 112 valence electrons. The van der Waals surface area contributed by atoms with Crippen molar-refractivity contribution in [1.82, 2.24) is 5.32 Å². The van der Waals surface area contributed by atoms with Crippen molar-refractivity contribution in [3.63, 3.8) is 0 Å². The number of unbranched alkanes of at least 4 members (excludes halogenated alkanes) is 3. The minimum atomic E-state index is -0.349. The van der Waals surface area contributed by atoms with Crippen LogP contribution in [0.25, 0.3) is 0 Å². The van der Waals surface area contributed by atoms with Crippen LogP contribution in [0.4, 0.5) is 0 Å². The number of esters is 1. The minimum absolute atomic E-state index is 0.349. The van der Waals surface area contributed by atoms with Crippen LogP contribution in [0.1, 0.15) is 41.6 Å². The second kappa shape index (κ2) is 9.37. The van der Waals surface area contributed by atoms with E-state index in [9.17, 15) is 4.79 Å². The van der Waals surface area contributed by atoms with Crippen LogP contribution < -0.4 is 10.1 Å². The van der Waals surface area contributed by atoms with Crippen molar-refractivity contribution in [2.75, 3.05) is 27.3 Å². The van der Waals surface area contributed by atoms with Gasteiger partial charge in [-0.25, -0.2) is 4.79 Å². The first-order chi connectivity index (χ1) is 9.69. The van der Waals surface area contributed by atoms with Crippen molar-refractivity contribution < 1.29 is 14.3 Å². The lowest BCUT2D eigenvalue weighted by Crippen LogP contribution is -2.08. The molecule has 4 nitrogen and oxygen atoms in total. The largest absolute Gasteiger partial charge is 0.493 e. The van der Waals surface area contributed by atoms with Crippen LogP contribution in [0, 0.1) is 6.92 Å². The molecule has 0 aromatic heterocycles. The van der Waals surface area contributed by atoms with Gasteiger partial charge >= 0.3 is 5.97 Å². The van der Waals surface area contributed by atoms with E-state index < -0.39 is 0 Å². The fourth-order valence-corrected chi connectivity index (χ4v) is 1.98. The molecule has 0 unspecified atom stereocenters. The zero-order valence-corrected chi connectivity index (χ0v) is 12.7. The van der Waals surface area contributed by atoms with Gasteiger partial charge in [-0.2, -0.15) is 0 Å². The Hall–Kier alpha value is -1.55. The van der Waals surface area contributed by atoms with E-state index in [4.69, 9.17) is 9.47 Å². The minimum Gasteiger partial charge on any atom is -0.493 e. The maximum absolute atomic E-state index is 11.7. The van der Waals surface area contributed by atoms with Crippen LogP contribution in [0.5, 0.6) is 5.75 Å². The summed E-state index contributed by atoms with van der Waals surface area (Å²) in [6, 6.07) is 5.57. The van der Waals surface area contributed by atoms with Crippen LogP contribution in [-0.2, 0) is 4.74 Å². The summed E-state index contributed by atoms with van der Waals surface area (Å²) < 4.78 is 10.5. The van der Waals surface area contributed by atoms with Gasteiger partial charge < -0.3 is 14.8 Å². The molecule has 1 rings (SSSR count). The number of benzene rings is 1. The van der Waals surface area contributed by atoms with Gasteiger partial charge in [0.05, 0.1) is 13.7 Å². The fourth-order valence-electron chi connectivity index (χ4n) is 1.98. The molecule has 20 heavy (non-hydrogen) atoms. The SMILES string of the molecule is CNCCCCCCOc1ccc(C)cc1C(=O)OC. The van der Waals surface area contributed by atoms with Gasteiger partial charge in [0.2, 0.25) is 0 Å². The van der Waals surface area contributed by atoms with E-state index in [1.54, 1.807) is 6.07 Å². The number of aryl methyl sites for hydroxylation is 1.